The predicted molar refractivity (Wildman–Crippen MR) is 60.2 cm³/mol. The Morgan fingerprint density at radius 1 is 1.33 bits per heavy atom. The van der Waals surface area contributed by atoms with Gasteiger partial charge in [0.25, 0.3) is 0 Å². The van der Waals surface area contributed by atoms with E-state index in [1.165, 1.54) is 0 Å². The number of hydrogen-bond donors (Lipinski definition) is 1. The zero-order chi connectivity index (χ0) is 10.8. The van der Waals surface area contributed by atoms with Gasteiger partial charge in [0.2, 0.25) is 0 Å². The molecule has 1 aliphatic heterocycles. The van der Waals surface area contributed by atoms with Crippen LogP contribution >= 0.6 is 0 Å². The molecule has 2 N–H and O–H groups in total. The second-order valence-electron chi connectivity index (χ2n) is 4.08. The van der Waals surface area contributed by atoms with Gasteiger partial charge in [0.1, 0.15) is 11.9 Å². The van der Waals surface area contributed by atoms with Crippen LogP contribution in [0.4, 0.5) is 5.69 Å². The first-order valence-corrected chi connectivity index (χ1v) is 5.28. The Morgan fingerprint density at radius 2 is 2.13 bits per heavy atom. The van der Waals surface area contributed by atoms with E-state index in [2.05, 4.69) is 6.07 Å². The zero-order valence-corrected chi connectivity index (χ0v) is 9.25. The lowest BCUT2D eigenvalue weighted by molar-refractivity contribution is 0.141. The molecule has 0 spiro atoms. The molecule has 1 heterocycles. The molecule has 3 nitrogen and oxygen atoms in total. The van der Waals surface area contributed by atoms with Crippen LogP contribution in [0.5, 0.6) is 5.75 Å². The highest BCUT2D eigenvalue weighted by Crippen LogP contribution is 2.26. The fraction of sp³-hybridized carbons (Fsp3) is 0.500. The van der Waals surface area contributed by atoms with Crippen LogP contribution in [-0.4, -0.2) is 19.3 Å². The van der Waals surface area contributed by atoms with E-state index >= 15 is 0 Å². The van der Waals surface area contributed by atoms with E-state index in [9.17, 15) is 0 Å². The average Bonchev–Trinajstić information content (AvgIpc) is 2.67. The molecule has 0 saturated carbocycles. The number of ether oxygens (including phenoxy) is 2. The number of nitrogen functional groups attached to an aromatic ring is 1. The van der Waals surface area contributed by atoms with E-state index in [1.54, 1.807) is 0 Å². The van der Waals surface area contributed by atoms with Gasteiger partial charge in [-0.25, -0.2) is 0 Å². The molecule has 2 rings (SSSR count). The van der Waals surface area contributed by atoms with Crippen LogP contribution in [0.15, 0.2) is 12.1 Å². The Balaban J connectivity index is 2.16. The third kappa shape index (κ3) is 2.23. The number of aryl methyl sites for hydroxylation is 2. The third-order valence-electron chi connectivity index (χ3n) is 2.75. The maximum atomic E-state index is 5.85. The van der Waals surface area contributed by atoms with Gasteiger partial charge in [-0.05, 0) is 25.0 Å². The quantitative estimate of drug-likeness (QED) is 0.755. The summed E-state index contributed by atoms with van der Waals surface area (Å²) in [6, 6.07) is 3.96. The average molecular weight is 207 g/mol. The second kappa shape index (κ2) is 4.11. The highest BCUT2D eigenvalue weighted by Gasteiger charge is 2.18. The van der Waals surface area contributed by atoms with Gasteiger partial charge in [-0.2, -0.15) is 0 Å². The molecule has 1 aliphatic rings. The van der Waals surface area contributed by atoms with Crippen molar-refractivity contribution in [2.45, 2.75) is 26.4 Å². The molecular weight excluding hydrogens is 190 g/mol. The standard InChI is InChI=1S/C12H17NO2/c1-8-5-9(2)12(6-11(8)13)15-10-3-4-14-7-10/h5-6,10H,3-4,7,13H2,1-2H3. The summed E-state index contributed by atoms with van der Waals surface area (Å²) >= 11 is 0. The molecule has 0 aromatic heterocycles. The monoisotopic (exact) mass is 207 g/mol. The van der Waals surface area contributed by atoms with Gasteiger partial charge in [0, 0.05) is 18.2 Å². The molecule has 1 aromatic rings. The summed E-state index contributed by atoms with van der Waals surface area (Å²) in [6.07, 6.45) is 1.15. The van der Waals surface area contributed by atoms with E-state index < -0.39 is 0 Å². The van der Waals surface area contributed by atoms with Gasteiger partial charge in [0.15, 0.2) is 0 Å². The smallest absolute Gasteiger partial charge is 0.124 e. The molecule has 15 heavy (non-hydrogen) atoms. The van der Waals surface area contributed by atoms with Crippen molar-refractivity contribution in [3.63, 3.8) is 0 Å². The van der Waals surface area contributed by atoms with Crippen LogP contribution in [0, 0.1) is 13.8 Å². The molecule has 0 bridgehead atoms. The van der Waals surface area contributed by atoms with Crippen molar-refractivity contribution < 1.29 is 9.47 Å². The zero-order valence-electron chi connectivity index (χ0n) is 9.25. The summed E-state index contributed by atoms with van der Waals surface area (Å²) in [5.74, 6) is 0.883. The minimum atomic E-state index is 0.186. The molecule has 1 saturated heterocycles. The minimum Gasteiger partial charge on any atom is -0.488 e. The third-order valence-corrected chi connectivity index (χ3v) is 2.75. The summed E-state index contributed by atoms with van der Waals surface area (Å²) in [6.45, 7) is 5.53. The number of rotatable bonds is 2. The summed E-state index contributed by atoms with van der Waals surface area (Å²) in [7, 11) is 0. The molecule has 1 aromatic carbocycles. The van der Waals surface area contributed by atoms with Crippen molar-refractivity contribution in [2.24, 2.45) is 0 Å². The van der Waals surface area contributed by atoms with Crippen molar-refractivity contribution >= 4 is 5.69 Å². The van der Waals surface area contributed by atoms with E-state index in [-0.39, 0.29) is 6.10 Å². The van der Waals surface area contributed by atoms with Crippen molar-refractivity contribution in [3.8, 4) is 5.75 Å². The van der Waals surface area contributed by atoms with Gasteiger partial charge >= 0.3 is 0 Å². The highest BCUT2D eigenvalue weighted by atomic mass is 16.5. The van der Waals surface area contributed by atoms with Gasteiger partial charge in [-0.3, -0.25) is 0 Å². The maximum Gasteiger partial charge on any atom is 0.124 e. The molecule has 82 valence electrons. The Kier molecular flexibility index (Phi) is 2.82. The summed E-state index contributed by atoms with van der Waals surface area (Å²) < 4.78 is 11.1. The van der Waals surface area contributed by atoms with Crippen LogP contribution in [0.2, 0.25) is 0 Å². The van der Waals surface area contributed by atoms with Crippen molar-refractivity contribution in [1.82, 2.24) is 0 Å². The lowest BCUT2D eigenvalue weighted by Gasteiger charge is -2.15. The van der Waals surface area contributed by atoms with E-state index in [0.29, 0.717) is 6.61 Å². The van der Waals surface area contributed by atoms with Gasteiger partial charge in [-0.1, -0.05) is 6.07 Å². The van der Waals surface area contributed by atoms with Crippen LogP contribution in [-0.2, 0) is 4.74 Å². The van der Waals surface area contributed by atoms with Crippen LogP contribution in [0.1, 0.15) is 17.5 Å². The first-order valence-electron chi connectivity index (χ1n) is 5.28. The Morgan fingerprint density at radius 3 is 2.80 bits per heavy atom. The first kappa shape index (κ1) is 10.3. The SMILES string of the molecule is Cc1cc(C)c(OC2CCOC2)cc1N. The highest BCUT2D eigenvalue weighted by molar-refractivity contribution is 5.54. The second-order valence-corrected chi connectivity index (χ2v) is 4.08. The number of hydrogen-bond acceptors (Lipinski definition) is 3. The van der Waals surface area contributed by atoms with Crippen LogP contribution in [0.3, 0.4) is 0 Å². The van der Waals surface area contributed by atoms with E-state index in [0.717, 1.165) is 35.6 Å². The first-order chi connectivity index (χ1) is 7.16. The van der Waals surface area contributed by atoms with Gasteiger partial charge in [0.05, 0.1) is 13.2 Å². The Labute approximate surface area is 90.2 Å². The minimum absolute atomic E-state index is 0.186. The van der Waals surface area contributed by atoms with Crippen molar-refractivity contribution in [2.75, 3.05) is 18.9 Å². The topological polar surface area (TPSA) is 44.5 Å². The fourth-order valence-corrected chi connectivity index (χ4v) is 1.76. The van der Waals surface area contributed by atoms with Gasteiger partial charge in [-0.15, -0.1) is 0 Å². The summed E-state index contributed by atoms with van der Waals surface area (Å²) in [5.41, 5.74) is 8.87. The van der Waals surface area contributed by atoms with Crippen molar-refractivity contribution in [1.29, 1.82) is 0 Å². The summed E-state index contributed by atoms with van der Waals surface area (Å²) in [5, 5.41) is 0. The molecule has 1 fully saturated rings. The molecule has 0 amide bonds. The number of nitrogens with two attached hydrogens (primary N) is 1. The number of benzene rings is 1. The normalized spacial score (nSPS) is 20.5. The summed E-state index contributed by atoms with van der Waals surface area (Å²) in [4.78, 5) is 0. The largest absolute Gasteiger partial charge is 0.488 e. The predicted octanol–water partition coefficient (Wildman–Crippen LogP) is 2.05. The Bertz CT molecular complexity index is 357. The van der Waals surface area contributed by atoms with Gasteiger partial charge < -0.3 is 15.2 Å². The molecule has 0 radical (unpaired) electrons. The van der Waals surface area contributed by atoms with E-state index in [4.69, 9.17) is 15.2 Å². The van der Waals surface area contributed by atoms with E-state index in [1.807, 2.05) is 19.9 Å². The molecule has 1 atom stereocenters. The van der Waals surface area contributed by atoms with Crippen LogP contribution < -0.4 is 10.5 Å². The lowest BCUT2D eigenvalue weighted by Crippen LogP contribution is -2.16. The molecule has 3 heteroatoms. The molecule has 0 aliphatic carbocycles. The van der Waals surface area contributed by atoms with Crippen molar-refractivity contribution in [3.05, 3.63) is 23.3 Å². The maximum absolute atomic E-state index is 5.85. The Hall–Kier alpha value is -1.22. The number of anilines is 1. The fourth-order valence-electron chi connectivity index (χ4n) is 1.76. The van der Waals surface area contributed by atoms with Crippen LogP contribution in [0.25, 0.3) is 0 Å². The lowest BCUT2D eigenvalue weighted by atomic mass is 10.1. The molecular formula is C12H17NO2. The molecule has 1 unspecified atom stereocenters.